The third kappa shape index (κ3) is 6.31. The van der Waals surface area contributed by atoms with E-state index < -0.39 is 0 Å². The van der Waals surface area contributed by atoms with Crippen LogP contribution in [-0.2, 0) is 16.1 Å². The molecule has 1 fully saturated rings. The van der Waals surface area contributed by atoms with E-state index in [1.54, 1.807) is 7.11 Å². The molecule has 0 aliphatic carbocycles. The average Bonchev–Trinajstić information content (AvgIpc) is 2.81. The Kier molecular flexibility index (Phi) is 8.25. The molecule has 0 aromatic heterocycles. The Morgan fingerprint density at radius 1 is 1.03 bits per heavy atom. The first-order chi connectivity index (χ1) is 15.4. The van der Waals surface area contributed by atoms with Gasteiger partial charge in [0, 0.05) is 38.4 Å². The summed E-state index contributed by atoms with van der Waals surface area (Å²) in [4.78, 5) is 29.4. The Labute approximate surface area is 190 Å². The van der Waals surface area contributed by atoms with Crippen LogP contribution in [0.4, 0.5) is 5.69 Å². The molecule has 0 radical (unpaired) electrons. The minimum absolute atomic E-state index is 0.00238. The van der Waals surface area contributed by atoms with Crippen molar-refractivity contribution >= 4 is 17.5 Å². The van der Waals surface area contributed by atoms with Crippen LogP contribution < -0.4 is 15.4 Å². The molecule has 2 amide bonds. The van der Waals surface area contributed by atoms with Crippen molar-refractivity contribution in [2.24, 2.45) is 0 Å². The van der Waals surface area contributed by atoms with Gasteiger partial charge in [0.25, 0.3) is 0 Å². The highest BCUT2D eigenvalue weighted by atomic mass is 16.5. The third-order valence-corrected chi connectivity index (χ3v) is 6.21. The number of carbonyl (C=O) groups excluding carboxylic acids is 2. The van der Waals surface area contributed by atoms with E-state index in [1.165, 1.54) is 0 Å². The predicted molar refractivity (Wildman–Crippen MR) is 127 cm³/mol. The highest BCUT2D eigenvalue weighted by Gasteiger charge is 2.26. The van der Waals surface area contributed by atoms with Gasteiger partial charge in [-0.1, -0.05) is 24.3 Å². The molecule has 2 aromatic carbocycles. The first kappa shape index (κ1) is 23.8. The molecule has 0 saturated carbocycles. The van der Waals surface area contributed by atoms with Crippen LogP contribution in [0.25, 0.3) is 0 Å². The molecule has 3 rings (SSSR count). The zero-order valence-electron chi connectivity index (χ0n) is 19.5. The third-order valence-electron chi connectivity index (χ3n) is 6.21. The normalized spacial score (nSPS) is 15.8. The summed E-state index contributed by atoms with van der Waals surface area (Å²) in [6, 6.07) is 13.4. The van der Waals surface area contributed by atoms with Gasteiger partial charge in [-0.3, -0.25) is 19.4 Å². The van der Waals surface area contributed by atoms with Gasteiger partial charge < -0.3 is 15.4 Å². The second-order valence-electron chi connectivity index (χ2n) is 8.35. The lowest BCUT2D eigenvalue weighted by molar-refractivity contribution is -0.127. The standard InChI is InChI=1S/C25H34N4O3/c1-18-6-5-7-23(19(18)2)27-24(30)17-28-12-14-29(15-13-28)20(3)25(31)26-16-21-8-10-22(32-4)11-9-21/h5-11,20H,12-17H2,1-4H3,(H,26,31)(H,27,30). The molecule has 1 unspecified atom stereocenters. The number of methoxy groups -OCH3 is 1. The van der Waals surface area contributed by atoms with Crippen LogP contribution in [0.3, 0.4) is 0 Å². The zero-order chi connectivity index (χ0) is 23.1. The largest absolute Gasteiger partial charge is 0.497 e. The fourth-order valence-electron chi connectivity index (χ4n) is 3.83. The number of nitrogens with zero attached hydrogens (tertiary/aromatic N) is 2. The van der Waals surface area contributed by atoms with E-state index in [2.05, 4.69) is 20.4 Å². The summed E-state index contributed by atoms with van der Waals surface area (Å²) < 4.78 is 5.16. The number of hydrogen-bond donors (Lipinski definition) is 2. The second kappa shape index (κ2) is 11.1. The summed E-state index contributed by atoms with van der Waals surface area (Å²) in [5, 5.41) is 6.04. The molecule has 172 valence electrons. The molecule has 1 atom stereocenters. The molecule has 7 heteroatoms. The fraction of sp³-hybridized carbons (Fsp3) is 0.440. The molecule has 2 aromatic rings. The first-order valence-corrected chi connectivity index (χ1v) is 11.1. The van der Waals surface area contributed by atoms with E-state index in [9.17, 15) is 9.59 Å². The Hall–Kier alpha value is -2.90. The smallest absolute Gasteiger partial charge is 0.238 e. The van der Waals surface area contributed by atoms with Crippen LogP contribution in [0.15, 0.2) is 42.5 Å². The van der Waals surface area contributed by atoms with Crippen molar-refractivity contribution in [3.05, 3.63) is 59.2 Å². The zero-order valence-corrected chi connectivity index (χ0v) is 19.5. The van der Waals surface area contributed by atoms with Gasteiger partial charge in [0.15, 0.2) is 0 Å². The second-order valence-corrected chi connectivity index (χ2v) is 8.35. The lowest BCUT2D eigenvalue weighted by Crippen LogP contribution is -2.54. The molecule has 1 aliphatic heterocycles. The summed E-state index contributed by atoms with van der Waals surface area (Å²) >= 11 is 0. The van der Waals surface area contributed by atoms with Gasteiger partial charge in [-0.2, -0.15) is 0 Å². The first-order valence-electron chi connectivity index (χ1n) is 11.1. The van der Waals surface area contributed by atoms with Crippen molar-refractivity contribution < 1.29 is 14.3 Å². The van der Waals surface area contributed by atoms with Gasteiger partial charge in [-0.05, 0) is 55.7 Å². The van der Waals surface area contributed by atoms with E-state index in [0.29, 0.717) is 13.1 Å². The molecule has 7 nitrogen and oxygen atoms in total. The number of nitrogens with one attached hydrogen (secondary N) is 2. The Bertz CT molecular complexity index is 921. The van der Waals surface area contributed by atoms with Gasteiger partial charge in [0.2, 0.25) is 11.8 Å². The topological polar surface area (TPSA) is 73.9 Å². The molecule has 0 bridgehead atoms. The summed E-state index contributed by atoms with van der Waals surface area (Å²) in [5.74, 6) is 0.813. The Morgan fingerprint density at radius 2 is 1.72 bits per heavy atom. The van der Waals surface area contributed by atoms with Gasteiger partial charge in [0.05, 0.1) is 19.7 Å². The van der Waals surface area contributed by atoms with Crippen molar-refractivity contribution in [3.8, 4) is 5.75 Å². The summed E-state index contributed by atoms with van der Waals surface area (Å²) in [5.41, 5.74) is 4.16. The number of amides is 2. The summed E-state index contributed by atoms with van der Waals surface area (Å²) in [6.07, 6.45) is 0. The highest BCUT2D eigenvalue weighted by molar-refractivity contribution is 5.93. The maximum absolute atomic E-state index is 12.6. The van der Waals surface area contributed by atoms with Gasteiger partial charge >= 0.3 is 0 Å². The monoisotopic (exact) mass is 438 g/mol. The number of hydrogen-bond acceptors (Lipinski definition) is 5. The lowest BCUT2D eigenvalue weighted by Gasteiger charge is -2.37. The Balaban J connectivity index is 1.41. The van der Waals surface area contributed by atoms with Gasteiger partial charge in [-0.15, -0.1) is 0 Å². The predicted octanol–water partition coefficient (Wildman–Crippen LogP) is 2.57. The summed E-state index contributed by atoms with van der Waals surface area (Å²) in [6.45, 7) is 9.88. The number of rotatable bonds is 8. The van der Waals surface area contributed by atoms with Crippen LogP contribution in [0, 0.1) is 13.8 Å². The molecular weight excluding hydrogens is 404 g/mol. The number of ether oxygens (including phenoxy) is 1. The lowest BCUT2D eigenvalue weighted by atomic mass is 10.1. The van der Waals surface area contributed by atoms with Gasteiger partial charge in [-0.25, -0.2) is 0 Å². The fourth-order valence-corrected chi connectivity index (χ4v) is 3.83. The number of piperazine rings is 1. The molecule has 2 N–H and O–H groups in total. The number of carbonyl (C=O) groups is 2. The van der Waals surface area contributed by atoms with Crippen molar-refractivity contribution in [1.29, 1.82) is 0 Å². The molecule has 1 aliphatic rings. The molecule has 1 heterocycles. The van der Waals surface area contributed by atoms with Crippen molar-refractivity contribution in [2.45, 2.75) is 33.4 Å². The van der Waals surface area contributed by atoms with Gasteiger partial charge in [0.1, 0.15) is 5.75 Å². The van der Waals surface area contributed by atoms with Crippen LogP contribution in [0.1, 0.15) is 23.6 Å². The van der Waals surface area contributed by atoms with Crippen LogP contribution in [0.2, 0.25) is 0 Å². The number of aryl methyl sites for hydroxylation is 1. The molecule has 32 heavy (non-hydrogen) atoms. The van der Waals surface area contributed by atoms with Crippen LogP contribution in [-0.4, -0.2) is 67.5 Å². The van der Waals surface area contributed by atoms with Crippen molar-refractivity contribution in [1.82, 2.24) is 15.1 Å². The average molecular weight is 439 g/mol. The van der Waals surface area contributed by atoms with Crippen molar-refractivity contribution in [3.63, 3.8) is 0 Å². The molecule has 1 saturated heterocycles. The molecule has 0 spiro atoms. The molecular formula is C25H34N4O3. The van der Waals surface area contributed by atoms with E-state index in [4.69, 9.17) is 4.74 Å². The quantitative estimate of drug-likeness (QED) is 0.663. The minimum atomic E-state index is -0.209. The maximum Gasteiger partial charge on any atom is 0.238 e. The SMILES string of the molecule is COc1ccc(CNC(=O)C(C)N2CCN(CC(=O)Nc3cccc(C)c3C)CC2)cc1. The van der Waals surface area contributed by atoms with E-state index in [-0.39, 0.29) is 17.9 Å². The van der Waals surface area contributed by atoms with E-state index >= 15 is 0 Å². The highest BCUT2D eigenvalue weighted by Crippen LogP contribution is 2.18. The number of benzene rings is 2. The Morgan fingerprint density at radius 3 is 2.38 bits per heavy atom. The number of anilines is 1. The van der Waals surface area contributed by atoms with E-state index in [0.717, 1.165) is 54.3 Å². The van der Waals surface area contributed by atoms with E-state index in [1.807, 2.05) is 63.2 Å². The maximum atomic E-state index is 12.6. The van der Waals surface area contributed by atoms with Crippen LogP contribution >= 0.6 is 0 Å². The van der Waals surface area contributed by atoms with Crippen LogP contribution in [0.5, 0.6) is 5.75 Å². The van der Waals surface area contributed by atoms with Crippen molar-refractivity contribution in [2.75, 3.05) is 45.2 Å². The minimum Gasteiger partial charge on any atom is -0.497 e. The summed E-state index contributed by atoms with van der Waals surface area (Å²) in [7, 11) is 1.63.